The lowest BCUT2D eigenvalue weighted by molar-refractivity contribution is -0.149. The van der Waals surface area contributed by atoms with Crippen LogP contribution < -0.4 is 0 Å². The Balaban J connectivity index is 0.000000351. The molecular weight excluding hydrogens is 312 g/mol. The number of carboxylic acid groups (broad SMARTS) is 2. The van der Waals surface area contributed by atoms with Crippen LogP contribution in [0.2, 0.25) is 0 Å². The third-order valence-electron chi connectivity index (χ3n) is 1.71. The van der Waals surface area contributed by atoms with Crippen LogP contribution in [-0.4, -0.2) is 52.3 Å². The standard InChI is InChI=1S/C6H9BrO4.C4H6O3/c1-4(8)11-5(3-7)2-6(9)10;5-4(6)1-3-2-7-3/h5H,2-3H2,1H3,(H,9,10);3H,1-2H2,(H,5,6)/t5-;3-/m00/s1. The van der Waals surface area contributed by atoms with E-state index in [0.29, 0.717) is 11.9 Å². The average Bonchev–Trinajstić information content (AvgIpc) is 2.99. The third-order valence-corrected chi connectivity index (χ3v) is 2.43. The second kappa shape index (κ2) is 8.87. The number of epoxide rings is 1. The van der Waals surface area contributed by atoms with Crippen molar-refractivity contribution in [2.24, 2.45) is 0 Å². The first-order valence-corrected chi connectivity index (χ1v) is 6.25. The Bertz CT molecular complexity index is 285. The zero-order valence-corrected chi connectivity index (χ0v) is 11.4. The Morgan fingerprint density at radius 2 is 1.94 bits per heavy atom. The van der Waals surface area contributed by atoms with Gasteiger partial charge in [0.1, 0.15) is 6.10 Å². The molecule has 8 heteroatoms. The molecule has 7 nitrogen and oxygen atoms in total. The summed E-state index contributed by atoms with van der Waals surface area (Å²) in [7, 11) is 0. The van der Waals surface area contributed by atoms with Gasteiger partial charge in [-0.3, -0.25) is 14.4 Å². The maximum absolute atomic E-state index is 10.4. The smallest absolute Gasteiger partial charge is 0.307 e. The number of hydrogen-bond donors (Lipinski definition) is 2. The number of ether oxygens (including phenoxy) is 2. The highest BCUT2D eigenvalue weighted by molar-refractivity contribution is 9.09. The van der Waals surface area contributed by atoms with E-state index >= 15 is 0 Å². The van der Waals surface area contributed by atoms with E-state index in [4.69, 9.17) is 10.2 Å². The lowest BCUT2D eigenvalue weighted by atomic mass is 10.3. The van der Waals surface area contributed by atoms with Crippen molar-refractivity contribution in [3.63, 3.8) is 0 Å². The number of carbonyl (C=O) groups excluding carboxylic acids is 1. The summed E-state index contributed by atoms with van der Waals surface area (Å²) >= 11 is 3.03. The SMILES string of the molecule is CC(=O)O[C@H](CBr)CC(=O)O.O=C(O)C[C@H]1CO1. The highest BCUT2D eigenvalue weighted by Gasteiger charge is 2.24. The molecule has 1 heterocycles. The van der Waals surface area contributed by atoms with Crippen LogP contribution in [0.15, 0.2) is 0 Å². The van der Waals surface area contributed by atoms with E-state index in [0.717, 1.165) is 0 Å². The van der Waals surface area contributed by atoms with Gasteiger partial charge in [-0.1, -0.05) is 15.9 Å². The van der Waals surface area contributed by atoms with Gasteiger partial charge in [-0.25, -0.2) is 0 Å². The topological polar surface area (TPSA) is 113 Å². The Kier molecular flexibility index (Phi) is 8.30. The van der Waals surface area contributed by atoms with E-state index < -0.39 is 24.0 Å². The molecule has 2 N–H and O–H groups in total. The minimum atomic E-state index is -0.976. The van der Waals surface area contributed by atoms with Gasteiger partial charge >= 0.3 is 17.9 Å². The molecule has 1 saturated heterocycles. The molecule has 0 unspecified atom stereocenters. The van der Waals surface area contributed by atoms with Crippen molar-refractivity contribution < 1.29 is 34.1 Å². The first kappa shape index (κ1) is 16.9. The first-order chi connectivity index (χ1) is 8.35. The van der Waals surface area contributed by atoms with Crippen molar-refractivity contribution in [2.45, 2.75) is 32.0 Å². The molecule has 0 aromatic rings. The number of aliphatic carboxylic acids is 2. The van der Waals surface area contributed by atoms with E-state index in [1.165, 1.54) is 6.92 Å². The number of carbonyl (C=O) groups is 3. The summed E-state index contributed by atoms with van der Waals surface area (Å²) in [6, 6.07) is 0. The fourth-order valence-corrected chi connectivity index (χ4v) is 1.30. The molecule has 18 heavy (non-hydrogen) atoms. The predicted octanol–water partition coefficient (Wildman–Crippen LogP) is 0.648. The summed E-state index contributed by atoms with van der Waals surface area (Å²) < 4.78 is 9.28. The summed E-state index contributed by atoms with van der Waals surface area (Å²) in [5.74, 6) is -2.21. The predicted molar refractivity (Wildman–Crippen MR) is 63.6 cm³/mol. The third kappa shape index (κ3) is 11.3. The van der Waals surface area contributed by atoms with Gasteiger partial charge in [0.2, 0.25) is 0 Å². The maximum Gasteiger partial charge on any atom is 0.307 e. The zero-order valence-electron chi connectivity index (χ0n) is 9.80. The fourth-order valence-electron chi connectivity index (χ4n) is 0.938. The highest BCUT2D eigenvalue weighted by atomic mass is 79.9. The van der Waals surface area contributed by atoms with E-state index in [-0.39, 0.29) is 18.9 Å². The van der Waals surface area contributed by atoms with Gasteiger partial charge in [-0.2, -0.15) is 0 Å². The zero-order chi connectivity index (χ0) is 14.1. The molecule has 1 aliphatic heterocycles. The van der Waals surface area contributed by atoms with Crippen molar-refractivity contribution >= 4 is 33.8 Å². The molecule has 0 aliphatic carbocycles. The molecule has 0 spiro atoms. The van der Waals surface area contributed by atoms with Crippen LogP contribution in [0.3, 0.4) is 0 Å². The van der Waals surface area contributed by atoms with Gasteiger partial charge in [-0.05, 0) is 0 Å². The molecule has 0 radical (unpaired) electrons. The van der Waals surface area contributed by atoms with Gasteiger partial charge in [0.15, 0.2) is 0 Å². The second-order valence-electron chi connectivity index (χ2n) is 3.54. The van der Waals surface area contributed by atoms with Crippen LogP contribution in [0.1, 0.15) is 19.8 Å². The molecule has 0 amide bonds. The molecule has 0 aromatic heterocycles. The normalized spacial score (nSPS) is 18.0. The molecular formula is C10H15BrO7. The molecule has 0 saturated carbocycles. The molecule has 104 valence electrons. The van der Waals surface area contributed by atoms with Crippen LogP contribution >= 0.6 is 15.9 Å². The number of hydrogen-bond acceptors (Lipinski definition) is 5. The van der Waals surface area contributed by atoms with E-state index in [9.17, 15) is 14.4 Å². The minimum absolute atomic E-state index is 0.0255. The van der Waals surface area contributed by atoms with E-state index in [1.54, 1.807) is 0 Å². The number of carboxylic acids is 2. The Hall–Kier alpha value is -1.15. The quantitative estimate of drug-likeness (QED) is 0.418. The monoisotopic (exact) mass is 326 g/mol. The van der Waals surface area contributed by atoms with Crippen molar-refractivity contribution in [1.82, 2.24) is 0 Å². The van der Waals surface area contributed by atoms with Crippen LogP contribution in [-0.2, 0) is 23.9 Å². The highest BCUT2D eigenvalue weighted by Crippen LogP contribution is 2.12. The summed E-state index contributed by atoms with van der Waals surface area (Å²) in [6.07, 6.45) is -0.535. The van der Waals surface area contributed by atoms with Gasteiger partial charge < -0.3 is 19.7 Å². The van der Waals surface area contributed by atoms with Gasteiger partial charge in [0.05, 0.1) is 25.6 Å². The van der Waals surface area contributed by atoms with Crippen molar-refractivity contribution in [3.8, 4) is 0 Å². The van der Waals surface area contributed by atoms with Crippen molar-refractivity contribution in [3.05, 3.63) is 0 Å². The van der Waals surface area contributed by atoms with Gasteiger partial charge in [0.25, 0.3) is 0 Å². The van der Waals surface area contributed by atoms with Crippen LogP contribution in [0.25, 0.3) is 0 Å². The molecule has 1 fully saturated rings. The summed E-state index contributed by atoms with van der Waals surface area (Å²) in [6.45, 7) is 1.88. The summed E-state index contributed by atoms with van der Waals surface area (Å²) in [5.41, 5.74) is 0. The average molecular weight is 327 g/mol. The number of esters is 1. The van der Waals surface area contributed by atoms with E-state index in [1.807, 2.05) is 0 Å². The molecule has 1 aliphatic rings. The fraction of sp³-hybridized carbons (Fsp3) is 0.700. The first-order valence-electron chi connectivity index (χ1n) is 5.13. The molecule has 1 rings (SSSR count). The van der Waals surface area contributed by atoms with Gasteiger partial charge in [-0.15, -0.1) is 0 Å². The van der Waals surface area contributed by atoms with Crippen LogP contribution in [0.4, 0.5) is 0 Å². The van der Waals surface area contributed by atoms with Crippen LogP contribution in [0.5, 0.6) is 0 Å². The van der Waals surface area contributed by atoms with Crippen molar-refractivity contribution in [2.75, 3.05) is 11.9 Å². The Morgan fingerprint density at radius 1 is 1.39 bits per heavy atom. The summed E-state index contributed by atoms with van der Waals surface area (Å²) in [4.78, 5) is 30.3. The van der Waals surface area contributed by atoms with E-state index in [2.05, 4.69) is 25.4 Å². The number of halogens is 1. The maximum atomic E-state index is 10.4. The number of alkyl halides is 1. The largest absolute Gasteiger partial charge is 0.481 e. The van der Waals surface area contributed by atoms with Crippen molar-refractivity contribution in [1.29, 1.82) is 0 Å². The summed E-state index contributed by atoms with van der Waals surface area (Å²) in [5, 5.41) is 16.7. The lowest BCUT2D eigenvalue weighted by Gasteiger charge is -2.10. The molecule has 0 bridgehead atoms. The minimum Gasteiger partial charge on any atom is -0.481 e. The number of rotatable bonds is 6. The lowest BCUT2D eigenvalue weighted by Crippen LogP contribution is -2.21. The molecule has 0 aromatic carbocycles. The van der Waals surface area contributed by atoms with Crippen LogP contribution in [0, 0.1) is 0 Å². The Morgan fingerprint density at radius 3 is 2.17 bits per heavy atom. The molecule has 2 atom stereocenters. The second-order valence-corrected chi connectivity index (χ2v) is 4.18. The van der Waals surface area contributed by atoms with Gasteiger partial charge in [0, 0.05) is 12.3 Å². The Labute approximate surface area is 112 Å².